The van der Waals surface area contributed by atoms with E-state index in [1.807, 2.05) is 0 Å². The average Bonchev–Trinajstić information content (AvgIpc) is 3.93. The fourth-order valence-electron chi connectivity index (χ4n) is 10.2. The van der Waals surface area contributed by atoms with Crippen LogP contribution >= 0.6 is 0 Å². The molecule has 2 heterocycles. The zero-order chi connectivity index (χ0) is 42.8. The number of anilines is 3. The summed E-state index contributed by atoms with van der Waals surface area (Å²) in [5.41, 5.74) is 15.2. The van der Waals surface area contributed by atoms with Crippen LogP contribution in [0, 0.1) is 0 Å². The van der Waals surface area contributed by atoms with Gasteiger partial charge in [0.05, 0.1) is 28.1 Å². The first-order valence-corrected chi connectivity index (χ1v) is 22.3. The maximum Gasteiger partial charge on any atom is 0.143 e. The number of nitrogens with zero attached hydrogens (tertiary/aromatic N) is 2. The molecule has 0 N–H and O–H groups in total. The van der Waals surface area contributed by atoms with Gasteiger partial charge in [-0.2, -0.15) is 0 Å². The molecule has 0 saturated carbocycles. The molecule has 65 heavy (non-hydrogen) atoms. The minimum absolute atomic E-state index is 0.879. The van der Waals surface area contributed by atoms with E-state index in [1.165, 1.54) is 38.2 Å². The highest BCUT2D eigenvalue weighted by atomic mass is 16.3. The van der Waals surface area contributed by atoms with E-state index in [0.717, 1.165) is 83.2 Å². The Hall–Kier alpha value is -8.66. The van der Waals surface area contributed by atoms with Gasteiger partial charge in [0.25, 0.3) is 0 Å². The van der Waals surface area contributed by atoms with Gasteiger partial charge in [0, 0.05) is 43.7 Å². The second-order valence-corrected chi connectivity index (χ2v) is 16.8. The van der Waals surface area contributed by atoms with Gasteiger partial charge in [-0.25, -0.2) is 0 Å². The molecule has 0 fully saturated rings. The Morgan fingerprint density at radius 3 is 1.54 bits per heavy atom. The molecule has 0 amide bonds. The lowest BCUT2D eigenvalue weighted by Gasteiger charge is -2.30. The predicted octanol–water partition coefficient (Wildman–Crippen LogP) is 17.5. The van der Waals surface area contributed by atoms with E-state index < -0.39 is 0 Å². The Morgan fingerprint density at radius 1 is 0.292 bits per heavy atom. The average molecular weight is 829 g/mol. The van der Waals surface area contributed by atoms with Gasteiger partial charge in [0.15, 0.2) is 0 Å². The minimum atomic E-state index is 0.879. The van der Waals surface area contributed by atoms with Crippen molar-refractivity contribution in [3.8, 4) is 39.1 Å². The summed E-state index contributed by atoms with van der Waals surface area (Å²) in [5, 5.41) is 9.47. The summed E-state index contributed by atoms with van der Waals surface area (Å²) in [4.78, 5) is 2.43. The highest BCUT2D eigenvalue weighted by molar-refractivity contribution is 6.18. The summed E-state index contributed by atoms with van der Waals surface area (Å²) in [5.74, 6) is 0. The zero-order valence-electron chi connectivity index (χ0n) is 35.4. The Labute approximate surface area is 376 Å². The van der Waals surface area contributed by atoms with Gasteiger partial charge in [0.1, 0.15) is 11.2 Å². The van der Waals surface area contributed by atoms with Crippen LogP contribution in [0.3, 0.4) is 0 Å². The Bertz CT molecular complexity index is 3890. The van der Waals surface area contributed by atoms with Crippen molar-refractivity contribution in [1.29, 1.82) is 0 Å². The SMILES string of the molecule is c1ccc(N(c2ccc(-c3ccc(-c4cccc5ccccc45)cc3)cc2)c2ccccc2-n2c3ccccc3c3ccccc32)c(-c2cccc3c2oc2c4ccccc4ccc32)c1. The third kappa shape index (κ3) is 5.97. The van der Waals surface area contributed by atoms with E-state index >= 15 is 0 Å². The number of hydrogen-bond acceptors (Lipinski definition) is 2. The first-order chi connectivity index (χ1) is 32.3. The molecule has 13 aromatic rings. The molecular weight excluding hydrogens is 789 g/mol. The van der Waals surface area contributed by atoms with Gasteiger partial charge in [-0.1, -0.05) is 194 Å². The minimum Gasteiger partial charge on any atom is -0.455 e. The van der Waals surface area contributed by atoms with Gasteiger partial charge in [-0.15, -0.1) is 0 Å². The summed E-state index contributed by atoms with van der Waals surface area (Å²) < 4.78 is 9.40. The van der Waals surface area contributed by atoms with E-state index in [9.17, 15) is 0 Å². The summed E-state index contributed by atoms with van der Waals surface area (Å²) >= 11 is 0. The Kier molecular flexibility index (Phi) is 8.53. The maximum absolute atomic E-state index is 6.98. The molecule has 0 atom stereocenters. The normalized spacial score (nSPS) is 11.7. The van der Waals surface area contributed by atoms with Gasteiger partial charge in [-0.05, 0) is 86.9 Å². The van der Waals surface area contributed by atoms with Gasteiger partial charge >= 0.3 is 0 Å². The third-order valence-corrected chi connectivity index (χ3v) is 13.2. The molecule has 0 unspecified atom stereocenters. The number of para-hydroxylation sites is 6. The lowest BCUT2D eigenvalue weighted by atomic mass is 9.96. The van der Waals surface area contributed by atoms with Crippen LogP contribution in [-0.2, 0) is 0 Å². The summed E-state index contributed by atoms with van der Waals surface area (Å²) in [6, 6.07) is 87.6. The summed E-state index contributed by atoms with van der Waals surface area (Å²) in [6.45, 7) is 0. The fourth-order valence-corrected chi connectivity index (χ4v) is 10.2. The van der Waals surface area contributed by atoms with E-state index in [4.69, 9.17) is 4.42 Å². The van der Waals surface area contributed by atoms with Crippen LogP contribution in [0.25, 0.3) is 104 Å². The van der Waals surface area contributed by atoms with Crippen molar-refractivity contribution in [1.82, 2.24) is 4.57 Å². The van der Waals surface area contributed by atoms with Crippen molar-refractivity contribution in [2.24, 2.45) is 0 Å². The van der Waals surface area contributed by atoms with Crippen molar-refractivity contribution in [2.45, 2.75) is 0 Å². The van der Waals surface area contributed by atoms with Crippen LogP contribution in [-0.4, -0.2) is 4.57 Å². The summed E-state index contributed by atoms with van der Waals surface area (Å²) in [7, 11) is 0. The lowest BCUT2D eigenvalue weighted by Crippen LogP contribution is -2.14. The number of fused-ring (bicyclic) bond motifs is 9. The monoisotopic (exact) mass is 828 g/mol. The quantitative estimate of drug-likeness (QED) is 0.160. The molecule has 0 aliphatic heterocycles. The predicted molar refractivity (Wildman–Crippen MR) is 274 cm³/mol. The molecule has 0 bridgehead atoms. The number of benzene rings is 11. The number of aromatic nitrogens is 1. The molecule has 0 saturated heterocycles. The Morgan fingerprint density at radius 2 is 0.785 bits per heavy atom. The van der Waals surface area contributed by atoms with E-state index in [-0.39, 0.29) is 0 Å². The van der Waals surface area contributed by atoms with Crippen LogP contribution < -0.4 is 4.90 Å². The van der Waals surface area contributed by atoms with Crippen molar-refractivity contribution in [3.63, 3.8) is 0 Å². The molecule has 0 aliphatic rings. The van der Waals surface area contributed by atoms with Crippen LogP contribution in [0.4, 0.5) is 17.1 Å². The molecule has 304 valence electrons. The van der Waals surface area contributed by atoms with E-state index in [0.29, 0.717) is 0 Å². The first-order valence-electron chi connectivity index (χ1n) is 22.3. The van der Waals surface area contributed by atoms with Gasteiger partial charge < -0.3 is 13.9 Å². The number of rotatable bonds is 7. The van der Waals surface area contributed by atoms with Crippen molar-refractivity contribution < 1.29 is 4.42 Å². The molecule has 0 spiro atoms. The zero-order valence-corrected chi connectivity index (χ0v) is 35.4. The molecule has 2 aromatic heterocycles. The lowest BCUT2D eigenvalue weighted by molar-refractivity contribution is 0.674. The van der Waals surface area contributed by atoms with Crippen LogP contribution in [0.15, 0.2) is 247 Å². The van der Waals surface area contributed by atoms with E-state index in [1.54, 1.807) is 0 Å². The second-order valence-electron chi connectivity index (χ2n) is 16.8. The third-order valence-electron chi connectivity index (χ3n) is 13.2. The molecule has 0 aliphatic carbocycles. The smallest absolute Gasteiger partial charge is 0.143 e. The number of furan rings is 1. The molecular formula is C62H40N2O. The Balaban J connectivity index is 0.997. The van der Waals surface area contributed by atoms with E-state index in [2.05, 4.69) is 252 Å². The first kappa shape index (κ1) is 36.9. The van der Waals surface area contributed by atoms with Crippen LogP contribution in [0.1, 0.15) is 0 Å². The number of hydrogen-bond donors (Lipinski definition) is 0. The van der Waals surface area contributed by atoms with Crippen molar-refractivity contribution in [2.75, 3.05) is 4.90 Å². The molecule has 13 rings (SSSR count). The fraction of sp³-hybridized carbons (Fsp3) is 0. The topological polar surface area (TPSA) is 21.3 Å². The van der Waals surface area contributed by atoms with Crippen molar-refractivity contribution >= 4 is 82.4 Å². The maximum atomic E-state index is 6.98. The summed E-state index contributed by atoms with van der Waals surface area (Å²) in [6.07, 6.45) is 0. The van der Waals surface area contributed by atoms with Crippen LogP contribution in [0.2, 0.25) is 0 Å². The van der Waals surface area contributed by atoms with Gasteiger partial charge in [-0.3, -0.25) is 0 Å². The van der Waals surface area contributed by atoms with Crippen molar-refractivity contribution in [3.05, 3.63) is 243 Å². The van der Waals surface area contributed by atoms with Crippen LogP contribution in [0.5, 0.6) is 0 Å². The highest BCUT2D eigenvalue weighted by Crippen LogP contribution is 2.47. The second kappa shape index (κ2) is 15.0. The molecule has 0 radical (unpaired) electrons. The standard InChI is InChI=1S/C62H40N2O/c1-3-18-47-43(15-1)17-13-23-48(47)45-33-31-41(32-34-45)42-35-38-46(39-36-42)63(59-29-11-12-30-60(59)64-57-27-9-5-20-50(57)51-21-6-10-28-58(51)64)56-26-8-7-22-52(56)53-24-14-25-54-55-40-37-44-16-2-4-19-49(44)61(55)65-62(53)54/h1-40H. The molecule has 3 heteroatoms. The highest BCUT2D eigenvalue weighted by Gasteiger charge is 2.24. The molecule has 11 aromatic carbocycles. The molecule has 3 nitrogen and oxygen atoms in total. The van der Waals surface area contributed by atoms with Gasteiger partial charge in [0.2, 0.25) is 0 Å². The largest absolute Gasteiger partial charge is 0.455 e.